The fourth-order valence-corrected chi connectivity index (χ4v) is 7.58. The van der Waals surface area contributed by atoms with Crippen molar-refractivity contribution in [2.75, 3.05) is 54.1 Å². The molecule has 0 fully saturated rings. The van der Waals surface area contributed by atoms with Gasteiger partial charge in [-0.15, -0.1) is 0 Å². The molecule has 0 aromatic rings. The maximum Gasteiger partial charge on any atom is 0.306 e. The molecule has 8 nitrogen and oxygen atoms in total. The highest BCUT2D eigenvalue weighted by molar-refractivity contribution is 7.45. The predicted molar refractivity (Wildman–Crippen MR) is 250 cm³/mol. The van der Waals surface area contributed by atoms with Gasteiger partial charge in [-0.3, -0.25) is 9.36 Å². The first kappa shape index (κ1) is 57.7. The lowest BCUT2D eigenvalue weighted by atomic mass is 10.0. The number of esters is 1. The van der Waals surface area contributed by atoms with E-state index in [4.69, 9.17) is 18.5 Å². The molecule has 0 aliphatic rings. The van der Waals surface area contributed by atoms with E-state index in [1.807, 2.05) is 21.1 Å². The number of nitrogens with zero attached hydrogens (tertiary/aromatic N) is 1. The van der Waals surface area contributed by atoms with Gasteiger partial charge in [0.05, 0.1) is 34.4 Å². The Hall–Kier alpha value is -1.28. The molecule has 0 radical (unpaired) electrons. The molecule has 0 aromatic heterocycles. The van der Waals surface area contributed by atoms with E-state index in [1.165, 1.54) is 148 Å². The Morgan fingerprint density at radius 2 is 0.932 bits per heavy atom. The maximum absolute atomic E-state index is 12.7. The first-order valence-electron chi connectivity index (χ1n) is 24.7. The lowest BCUT2D eigenvalue weighted by molar-refractivity contribution is -0.870. The van der Waals surface area contributed by atoms with Crippen molar-refractivity contribution in [3.8, 4) is 0 Å². The molecule has 0 rings (SSSR count). The molecule has 0 saturated heterocycles. The number of hydrogen-bond donors (Lipinski definition) is 0. The summed E-state index contributed by atoms with van der Waals surface area (Å²) in [6, 6.07) is 0. The zero-order valence-electron chi connectivity index (χ0n) is 39.5. The van der Waals surface area contributed by atoms with E-state index in [-0.39, 0.29) is 25.8 Å². The smallest absolute Gasteiger partial charge is 0.306 e. The number of rotatable bonds is 46. The van der Waals surface area contributed by atoms with Crippen molar-refractivity contribution >= 4 is 13.8 Å². The Bertz CT molecular complexity index is 1040. The third-order valence-corrected chi connectivity index (χ3v) is 11.7. The van der Waals surface area contributed by atoms with Crippen molar-refractivity contribution in [1.29, 1.82) is 0 Å². The molecule has 0 heterocycles. The van der Waals surface area contributed by atoms with E-state index in [2.05, 4.69) is 50.3 Å². The van der Waals surface area contributed by atoms with Gasteiger partial charge < -0.3 is 27.9 Å². The molecule has 0 bridgehead atoms. The predicted octanol–water partition coefficient (Wildman–Crippen LogP) is 14.3. The van der Waals surface area contributed by atoms with E-state index >= 15 is 0 Å². The molecule has 2 atom stereocenters. The summed E-state index contributed by atoms with van der Waals surface area (Å²) in [5.41, 5.74) is 0. The van der Waals surface area contributed by atoms with Gasteiger partial charge in [0.15, 0.2) is 0 Å². The number of ether oxygens (including phenoxy) is 2. The summed E-state index contributed by atoms with van der Waals surface area (Å²) in [7, 11) is 1.35. The third-order valence-electron chi connectivity index (χ3n) is 10.7. The van der Waals surface area contributed by atoms with Crippen molar-refractivity contribution in [2.24, 2.45) is 0 Å². The van der Waals surface area contributed by atoms with Crippen LogP contribution in [0.3, 0.4) is 0 Å². The summed E-state index contributed by atoms with van der Waals surface area (Å²) >= 11 is 0. The summed E-state index contributed by atoms with van der Waals surface area (Å²) < 4.78 is 34.7. The SMILES string of the molecule is CCCCCCC/C=C\C/C=C\C/C=C\CCCCCCCCCOCC(COP(=O)([O-])OCC[N+](C)(C)C)OC(=O)CCCCCCCCCCCCCCCCC. The van der Waals surface area contributed by atoms with Gasteiger partial charge in [0.1, 0.15) is 19.3 Å². The highest BCUT2D eigenvalue weighted by atomic mass is 31.2. The maximum atomic E-state index is 12.7. The summed E-state index contributed by atoms with van der Waals surface area (Å²) in [6.07, 6.45) is 51.6. The summed E-state index contributed by atoms with van der Waals surface area (Å²) in [6.45, 7) is 5.41. The number of phosphoric acid groups is 1. The van der Waals surface area contributed by atoms with Gasteiger partial charge in [0.25, 0.3) is 7.82 Å². The Labute approximate surface area is 365 Å². The van der Waals surface area contributed by atoms with Gasteiger partial charge >= 0.3 is 5.97 Å². The molecule has 9 heteroatoms. The van der Waals surface area contributed by atoms with Crippen LogP contribution in [0, 0.1) is 0 Å². The van der Waals surface area contributed by atoms with Crippen molar-refractivity contribution in [3.63, 3.8) is 0 Å². The minimum absolute atomic E-state index is 0.0249. The van der Waals surface area contributed by atoms with Gasteiger partial charge in [-0.1, -0.05) is 198 Å². The number of hydrogen-bond acceptors (Lipinski definition) is 7. The number of allylic oxidation sites excluding steroid dienone is 6. The molecule has 0 spiro atoms. The second kappa shape index (κ2) is 43.4. The van der Waals surface area contributed by atoms with Crippen LogP contribution in [0.4, 0.5) is 0 Å². The number of quaternary nitrogens is 1. The van der Waals surface area contributed by atoms with Crippen LogP contribution in [-0.2, 0) is 27.9 Å². The molecule has 0 saturated carbocycles. The second-order valence-electron chi connectivity index (χ2n) is 17.8. The zero-order valence-corrected chi connectivity index (χ0v) is 40.4. The molecule has 348 valence electrons. The van der Waals surface area contributed by atoms with Crippen LogP contribution in [0.15, 0.2) is 36.5 Å². The van der Waals surface area contributed by atoms with Crippen LogP contribution in [0.1, 0.15) is 219 Å². The van der Waals surface area contributed by atoms with Crippen LogP contribution in [0.5, 0.6) is 0 Å². The van der Waals surface area contributed by atoms with Crippen molar-refractivity contribution in [1.82, 2.24) is 0 Å². The van der Waals surface area contributed by atoms with Gasteiger partial charge in [0.2, 0.25) is 0 Å². The Morgan fingerprint density at radius 1 is 0.525 bits per heavy atom. The van der Waals surface area contributed by atoms with Gasteiger partial charge in [-0.2, -0.15) is 0 Å². The summed E-state index contributed by atoms with van der Waals surface area (Å²) in [5.74, 6) is -0.335. The number of carbonyl (C=O) groups excluding carboxylic acids is 1. The fourth-order valence-electron chi connectivity index (χ4n) is 6.85. The quantitative estimate of drug-likeness (QED) is 0.0198. The van der Waals surface area contributed by atoms with Crippen LogP contribution >= 0.6 is 7.82 Å². The average molecular weight is 854 g/mol. The molecule has 0 aliphatic heterocycles. The number of phosphoric ester groups is 1. The summed E-state index contributed by atoms with van der Waals surface area (Å²) in [5, 5.41) is 0. The largest absolute Gasteiger partial charge is 0.756 e. The molecule has 59 heavy (non-hydrogen) atoms. The monoisotopic (exact) mass is 854 g/mol. The van der Waals surface area contributed by atoms with E-state index in [0.29, 0.717) is 24.1 Å². The topological polar surface area (TPSA) is 94.1 Å². The van der Waals surface area contributed by atoms with Gasteiger partial charge in [0, 0.05) is 13.0 Å². The van der Waals surface area contributed by atoms with Crippen molar-refractivity contribution in [2.45, 2.75) is 225 Å². The van der Waals surface area contributed by atoms with Crippen molar-refractivity contribution < 1.29 is 37.3 Å². The lowest BCUT2D eigenvalue weighted by Crippen LogP contribution is -2.37. The van der Waals surface area contributed by atoms with Gasteiger partial charge in [-0.25, -0.2) is 0 Å². The molecular weight excluding hydrogens is 758 g/mol. The molecule has 0 aliphatic carbocycles. The third kappa shape index (κ3) is 47.6. The van der Waals surface area contributed by atoms with Crippen LogP contribution < -0.4 is 4.89 Å². The Balaban J connectivity index is 4.16. The Morgan fingerprint density at radius 3 is 1.39 bits per heavy atom. The molecule has 0 N–H and O–H groups in total. The van der Waals surface area contributed by atoms with Gasteiger partial charge in [-0.05, 0) is 51.4 Å². The standard InChI is InChI=1S/C50H96NO7P/c1-6-8-10-12-14-16-18-20-22-23-24-25-26-27-28-30-32-34-36-38-40-42-45-55-47-49(48-57-59(53,54)56-46-44-51(3,4)5)58-50(52)43-41-39-37-35-33-31-29-21-19-17-15-13-11-9-7-2/h18,20,23-24,26-27,49H,6-17,19,21-22,25,28-48H2,1-5H3/b20-18-,24-23-,27-26-. The van der Waals surface area contributed by atoms with E-state index < -0.39 is 13.9 Å². The molecular formula is C50H96NO7P. The number of unbranched alkanes of at least 4 members (excludes halogenated alkanes) is 26. The number of likely N-dealkylation sites (N-methyl/N-ethyl adjacent to an activating group) is 1. The first-order valence-corrected chi connectivity index (χ1v) is 26.2. The van der Waals surface area contributed by atoms with Crippen LogP contribution in [0.25, 0.3) is 0 Å². The molecule has 2 unspecified atom stereocenters. The normalized spacial score (nSPS) is 13.9. The van der Waals surface area contributed by atoms with Crippen LogP contribution in [0.2, 0.25) is 0 Å². The zero-order chi connectivity index (χ0) is 43.4. The lowest BCUT2D eigenvalue weighted by Gasteiger charge is -2.28. The molecule has 0 amide bonds. The molecule has 0 aromatic carbocycles. The minimum atomic E-state index is -4.53. The highest BCUT2D eigenvalue weighted by Gasteiger charge is 2.20. The minimum Gasteiger partial charge on any atom is -0.756 e. The van der Waals surface area contributed by atoms with Crippen molar-refractivity contribution in [3.05, 3.63) is 36.5 Å². The number of carbonyl (C=O) groups is 1. The second-order valence-corrected chi connectivity index (χ2v) is 19.2. The fraction of sp³-hybridized carbons (Fsp3) is 0.860. The summed E-state index contributed by atoms with van der Waals surface area (Å²) in [4.78, 5) is 25.1. The Kier molecular flexibility index (Phi) is 42.4. The van der Waals surface area contributed by atoms with E-state index in [9.17, 15) is 14.3 Å². The first-order chi connectivity index (χ1) is 28.6. The highest BCUT2D eigenvalue weighted by Crippen LogP contribution is 2.38. The van der Waals surface area contributed by atoms with E-state index in [0.717, 1.165) is 51.4 Å². The van der Waals surface area contributed by atoms with Crippen LogP contribution in [-0.4, -0.2) is 70.7 Å². The average Bonchev–Trinajstić information content (AvgIpc) is 3.19. The van der Waals surface area contributed by atoms with E-state index in [1.54, 1.807) is 0 Å².